The van der Waals surface area contributed by atoms with Crippen LogP contribution in [0.4, 0.5) is 0 Å². The molecule has 15 heavy (non-hydrogen) atoms. The van der Waals surface area contributed by atoms with E-state index in [1.807, 2.05) is 6.92 Å². The van der Waals surface area contributed by atoms with E-state index >= 15 is 0 Å². The van der Waals surface area contributed by atoms with E-state index in [-0.39, 0.29) is 17.7 Å². The fourth-order valence-corrected chi connectivity index (χ4v) is 2.04. The van der Waals surface area contributed by atoms with Crippen molar-refractivity contribution in [2.24, 2.45) is 5.73 Å². The number of hydrogen-bond donors (Lipinski definition) is 1. The number of rotatable bonds is 6. The van der Waals surface area contributed by atoms with Crippen LogP contribution in [-0.2, 0) is 9.59 Å². The Kier molecular flexibility index (Phi) is 4.75. The average Bonchev–Trinajstić information content (AvgIpc) is 2.65. The van der Waals surface area contributed by atoms with Crippen LogP contribution in [0.15, 0.2) is 0 Å². The lowest BCUT2D eigenvalue weighted by Gasteiger charge is -2.26. The number of likely N-dealkylation sites (tertiary alicyclic amines) is 1. The zero-order valence-electron chi connectivity index (χ0n) is 9.37. The third-order valence-electron chi connectivity index (χ3n) is 2.89. The number of ketones is 1. The summed E-state index contributed by atoms with van der Waals surface area (Å²) in [6.07, 6.45) is 3.50. The van der Waals surface area contributed by atoms with Gasteiger partial charge in [0.25, 0.3) is 0 Å². The van der Waals surface area contributed by atoms with Crippen molar-refractivity contribution in [3.05, 3.63) is 0 Å². The summed E-state index contributed by atoms with van der Waals surface area (Å²) in [4.78, 5) is 25.0. The Hall–Kier alpha value is -0.900. The highest BCUT2D eigenvalue weighted by molar-refractivity contribution is 5.89. The van der Waals surface area contributed by atoms with Crippen LogP contribution in [0.25, 0.3) is 0 Å². The van der Waals surface area contributed by atoms with Crippen LogP contribution >= 0.6 is 0 Å². The molecule has 0 radical (unpaired) electrons. The third kappa shape index (κ3) is 3.02. The van der Waals surface area contributed by atoms with Crippen LogP contribution < -0.4 is 5.73 Å². The molecule has 1 heterocycles. The smallest absolute Gasteiger partial charge is 0.223 e. The predicted octanol–water partition coefficient (Wildman–Crippen LogP) is 0.695. The predicted molar refractivity (Wildman–Crippen MR) is 58.3 cm³/mol. The maximum atomic E-state index is 11.7. The van der Waals surface area contributed by atoms with Crippen molar-refractivity contribution in [3.63, 3.8) is 0 Å². The molecule has 0 bridgehead atoms. The first-order valence-corrected chi connectivity index (χ1v) is 5.73. The number of Topliss-reactive ketones (excluding diaryl/α,β-unsaturated/α-hetero) is 1. The molecule has 4 heteroatoms. The van der Waals surface area contributed by atoms with Crippen LogP contribution in [0.5, 0.6) is 0 Å². The van der Waals surface area contributed by atoms with Crippen molar-refractivity contribution in [1.82, 2.24) is 4.90 Å². The topological polar surface area (TPSA) is 63.4 Å². The summed E-state index contributed by atoms with van der Waals surface area (Å²) in [6, 6.07) is -0.214. The van der Waals surface area contributed by atoms with Gasteiger partial charge in [0.1, 0.15) is 0 Å². The van der Waals surface area contributed by atoms with Gasteiger partial charge in [0.2, 0.25) is 5.91 Å². The highest BCUT2D eigenvalue weighted by Gasteiger charge is 2.30. The quantitative estimate of drug-likeness (QED) is 0.704. The van der Waals surface area contributed by atoms with Gasteiger partial charge < -0.3 is 10.6 Å². The maximum absolute atomic E-state index is 11.7. The Balaban J connectivity index is 2.62. The number of amides is 1. The normalized spacial score (nSPS) is 18.3. The number of nitrogens with two attached hydrogens (primary N) is 1. The fourth-order valence-electron chi connectivity index (χ4n) is 2.04. The third-order valence-corrected chi connectivity index (χ3v) is 2.89. The summed E-state index contributed by atoms with van der Waals surface area (Å²) >= 11 is 0. The monoisotopic (exact) mass is 212 g/mol. The van der Waals surface area contributed by atoms with Gasteiger partial charge in [-0.15, -0.1) is 0 Å². The second-order valence-electron chi connectivity index (χ2n) is 3.96. The van der Waals surface area contributed by atoms with E-state index in [1.54, 1.807) is 4.90 Å². The van der Waals surface area contributed by atoms with Crippen LogP contribution in [0.3, 0.4) is 0 Å². The Morgan fingerprint density at radius 2 is 2.33 bits per heavy atom. The van der Waals surface area contributed by atoms with Gasteiger partial charge in [-0.25, -0.2) is 0 Å². The number of carbonyl (C=O) groups is 2. The molecule has 1 atom stereocenters. The van der Waals surface area contributed by atoms with E-state index in [9.17, 15) is 9.59 Å². The first-order valence-electron chi connectivity index (χ1n) is 5.73. The molecule has 0 aliphatic carbocycles. The second kappa shape index (κ2) is 5.85. The van der Waals surface area contributed by atoms with Crippen LogP contribution in [0.2, 0.25) is 0 Å². The number of nitrogens with zero attached hydrogens (tertiary/aromatic N) is 1. The Labute approximate surface area is 90.8 Å². The molecular weight excluding hydrogens is 192 g/mol. The van der Waals surface area contributed by atoms with E-state index in [1.165, 1.54) is 0 Å². The van der Waals surface area contributed by atoms with Crippen LogP contribution in [-0.4, -0.2) is 35.7 Å². The van der Waals surface area contributed by atoms with Crippen molar-refractivity contribution in [1.29, 1.82) is 0 Å². The Bertz CT molecular complexity index is 241. The summed E-state index contributed by atoms with van der Waals surface area (Å²) in [5, 5.41) is 0. The molecule has 1 aliphatic heterocycles. The van der Waals surface area contributed by atoms with E-state index < -0.39 is 0 Å². The molecule has 4 nitrogen and oxygen atoms in total. The minimum atomic E-state index is -0.214. The lowest BCUT2D eigenvalue weighted by atomic mass is 10.0. The van der Waals surface area contributed by atoms with Gasteiger partial charge in [-0.2, -0.15) is 0 Å². The van der Waals surface area contributed by atoms with Crippen molar-refractivity contribution >= 4 is 11.7 Å². The van der Waals surface area contributed by atoms with Crippen molar-refractivity contribution in [2.75, 3.05) is 13.1 Å². The van der Waals surface area contributed by atoms with E-state index in [2.05, 4.69) is 0 Å². The molecule has 0 saturated carbocycles. The molecule has 0 aromatic rings. The molecular formula is C11H20N2O2. The lowest BCUT2D eigenvalue weighted by Crippen LogP contribution is -2.42. The van der Waals surface area contributed by atoms with Crippen molar-refractivity contribution < 1.29 is 9.59 Å². The van der Waals surface area contributed by atoms with Gasteiger partial charge >= 0.3 is 0 Å². The Morgan fingerprint density at radius 1 is 1.60 bits per heavy atom. The number of hydrogen-bond acceptors (Lipinski definition) is 3. The molecule has 0 aromatic heterocycles. The summed E-state index contributed by atoms with van der Waals surface area (Å²) in [7, 11) is 0. The summed E-state index contributed by atoms with van der Waals surface area (Å²) in [6.45, 7) is 3.16. The SMILES string of the molecule is CCC(=O)C(CCCN)N1CCCC1=O. The largest absolute Gasteiger partial charge is 0.333 e. The molecule has 0 spiro atoms. The average molecular weight is 212 g/mol. The van der Waals surface area contributed by atoms with Crippen LogP contribution in [0.1, 0.15) is 39.0 Å². The lowest BCUT2D eigenvalue weighted by molar-refractivity contribution is -0.136. The summed E-state index contributed by atoms with van der Waals surface area (Å²) in [5.41, 5.74) is 5.44. The molecule has 1 rings (SSSR count). The zero-order valence-corrected chi connectivity index (χ0v) is 9.37. The van der Waals surface area contributed by atoms with Gasteiger partial charge in [0.15, 0.2) is 5.78 Å². The van der Waals surface area contributed by atoms with E-state index in [4.69, 9.17) is 5.73 Å². The standard InChI is InChI=1S/C11H20N2O2/c1-2-10(14)9(5-3-7-12)13-8-4-6-11(13)15/h9H,2-8,12H2,1H3. The van der Waals surface area contributed by atoms with Crippen molar-refractivity contribution in [3.8, 4) is 0 Å². The minimum Gasteiger partial charge on any atom is -0.333 e. The van der Waals surface area contributed by atoms with Gasteiger partial charge in [-0.3, -0.25) is 9.59 Å². The highest BCUT2D eigenvalue weighted by Crippen LogP contribution is 2.18. The first-order chi connectivity index (χ1) is 7.20. The number of carbonyl (C=O) groups excluding carboxylic acids is 2. The maximum Gasteiger partial charge on any atom is 0.223 e. The highest BCUT2D eigenvalue weighted by atomic mass is 16.2. The van der Waals surface area contributed by atoms with E-state index in [0.717, 1.165) is 25.8 Å². The van der Waals surface area contributed by atoms with Gasteiger partial charge in [-0.05, 0) is 25.8 Å². The van der Waals surface area contributed by atoms with Gasteiger partial charge in [-0.1, -0.05) is 6.92 Å². The summed E-state index contributed by atoms with van der Waals surface area (Å²) < 4.78 is 0. The molecule has 1 fully saturated rings. The van der Waals surface area contributed by atoms with Gasteiger partial charge in [0, 0.05) is 19.4 Å². The molecule has 1 unspecified atom stereocenters. The summed E-state index contributed by atoms with van der Waals surface area (Å²) in [5.74, 6) is 0.289. The van der Waals surface area contributed by atoms with Crippen molar-refractivity contribution in [2.45, 2.75) is 45.1 Å². The molecule has 2 N–H and O–H groups in total. The molecule has 1 saturated heterocycles. The minimum absolute atomic E-state index is 0.124. The zero-order chi connectivity index (χ0) is 11.3. The second-order valence-corrected chi connectivity index (χ2v) is 3.96. The first kappa shape index (κ1) is 12.2. The Morgan fingerprint density at radius 3 is 2.80 bits per heavy atom. The van der Waals surface area contributed by atoms with E-state index in [0.29, 0.717) is 19.4 Å². The fraction of sp³-hybridized carbons (Fsp3) is 0.818. The molecule has 0 aromatic carbocycles. The molecule has 1 amide bonds. The van der Waals surface area contributed by atoms with Gasteiger partial charge in [0.05, 0.1) is 6.04 Å². The molecule has 86 valence electrons. The van der Waals surface area contributed by atoms with Crippen LogP contribution in [0, 0.1) is 0 Å². The molecule has 1 aliphatic rings.